The van der Waals surface area contributed by atoms with E-state index in [-0.39, 0.29) is 24.6 Å². The lowest BCUT2D eigenvalue weighted by molar-refractivity contribution is -0.128. The second-order valence-corrected chi connectivity index (χ2v) is 7.11. The highest BCUT2D eigenvalue weighted by atomic mass is 32.2. The fraction of sp³-hybridized carbons (Fsp3) is 0.917. The SMILES string of the molecule is CN(C)C(=O)CCNS(=O)(=O)CCC1CCCCN1. The molecule has 0 aromatic rings. The number of carbonyl (C=O) groups is 1. The van der Waals surface area contributed by atoms with Gasteiger partial charge in [0.2, 0.25) is 15.9 Å². The maximum Gasteiger partial charge on any atom is 0.223 e. The van der Waals surface area contributed by atoms with Gasteiger partial charge in [0, 0.05) is 33.1 Å². The first-order valence-electron chi connectivity index (χ1n) is 6.81. The van der Waals surface area contributed by atoms with Gasteiger partial charge in [0.1, 0.15) is 0 Å². The minimum absolute atomic E-state index is 0.0725. The third kappa shape index (κ3) is 6.89. The van der Waals surface area contributed by atoms with Crippen LogP contribution >= 0.6 is 0 Å². The summed E-state index contributed by atoms with van der Waals surface area (Å²) < 4.78 is 26.0. The molecule has 1 aliphatic rings. The maximum absolute atomic E-state index is 11.8. The standard InChI is InChI=1S/C12H25N3O3S/c1-15(2)12(16)6-9-14-19(17,18)10-7-11-5-3-4-8-13-11/h11,13-14H,3-10H2,1-2H3. The van der Waals surface area contributed by atoms with Crippen molar-refractivity contribution in [3.8, 4) is 0 Å². The van der Waals surface area contributed by atoms with Crippen LogP contribution in [0.1, 0.15) is 32.1 Å². The molecule has 0 spiro atoms. The van der Waals surface area contributed by atoms with Gasteiger partial charge in [-0.1, -0.05) is 6.42 Å². The number of nitrogens with one attached hydrogen (secondary N) is 2. The van der Waals surface area contributed by atoms with Gasteiger partial charge >= 0.3 is 0 Å². The van der Waals surface area contributed by atoms with Crippen LogP contribution < -0.4 is 10.0 Å². The molecule has 6 nitrogen and oxygen atoms in total. The summed E-state index contributed by atoms with van der Waals surface area (Å²) in [5.41, 5.74) is 0. The summed E-state index contributed by atoms with van der Waals surface area (Å²) in [6, 6.07) is 0.314. The van der Waals surface area contributed by atoms with Gasteiger partial charge in [0.25, 0.3) is 0 Å². The summed E-state index contributed by atoms with van der Waals surface area (Å²) in [4.78, 5) is 12.8. The van der Waals surface area contributed by atoms with Crippen LogP contribution in [-0.4, -0.2) is 58.2 Å². The van der Waals surface area contributed by atoms with Crippen molar-refractivity contribution in [2.45, 2.75) is 38.1 Å². The molecule has 112 valence electrons. The van der Waals surface area contributed by atoms with Crippen LogP contribution in [0.5, 0.6) is 0 Å². The van der Waals surface area contributed by atoms with Gasteiger partial charge in [-0.25, -0.2) is 13.1 Å². The molecule has 1 rings (SSSR count). The lowest BCUT2D eigenvalue weighted by atomic mass is 10.0. The molecule has 0 aliphatic carbocycles. The Morgan fingerprint density at radius 3 is 2.68 bits per heavy atom. The molecule has 19 heavy (non-hydrogen) atoms. The summed E-state index contributed by atoms with van der Waals surface area (Å²) in [6.07, 6.45) is 4.23. The third-order valence-electron chi connectivity index (χ3n) is 3.31. The van der Waals surface area contributed by atoms with E-state index in [1.807, 2.05) is 0 Å². The van der Waals surface area contributed by atoms with Gasteiger partial charge < -0.3 is 10.2 Å². The van der Waals surface area contributed by atoms with Gasteiger partial charge in [-0.15, -0.1) is 0 Å². The summed E-state index contributed by atoms with van der Waals surface area (Å²) in [6.45, 7) is 1.16. The van der Waals surface area contributed by atoms with Crippen molar-refractivity contribution in [2.75, 3.05) is 32.9 Å². The van der Waals surface area contributed by atoms with Crippen LogP contribution in [0.4, 0.5) is 0 Å². The molecule has 0 radical (unpaired) electrons. The van der Waals surface area contributed by atoms with E-state index >= 15 is 0 Å². The fourth-order valence-electron chi connectivity index (χ4n) is 2.08. The predicted octanol–water partition coefficient (Wildman–Crippen LogP) is -0.0837. The summed E-state index contributed by atoms with van der Waals surface area (Å²) in [5.74, 6) is 0.0533. The van der Waals surface area contributed by atoms with E-state index in [0.29, 0.717) is 12.5 Å². The molecule has 1 atom stereocenters. The first-order valence-corrected chi connectivity index (χ1v) is 8.47. The molecule has 1 aliphatic heterocycles. The lowest BCUT2D eigenvalue weighted by Crippen LogP contribution is -2.37. The normalized spacial score (nSPS) is 20.2. The molecular formula is C12H25N3O3S. The maximum atomic E-state index is 11.8. The first-order chi connectivity index (χ1) is 8.91. The Hall–Kier alpha value is -0.660. The Balaban J connectivity index is 2.21. The second kappa shape index (κ2) is 7.81. The van der Waals surface area contributed by atoms with Gasteiger partial charge in [0.05, 0.1) is 5.75 Å². The highest BCUT2D eigenvalue weighted by molar-refractivity contribution is 7.89. The van der Waals surface area contributed by atoms with Crippen molar-refractivity contribution < 1.29 is 13.2 Å². The lowest BCUT2D eigenvalue weighted by Gasteiger charge is -2.23. The van der Waals surface area contributed by atoms with Crippen LogP contribution in [0, 0.1) is 0 Å². The smallest absolute Gasteiger partial charge is 0.223 e. The number of sulfonamides is 1. The largest absolute Gasteiger partial charge is 0.349 e. The average Bonchev–Trinajstić information content (AvgIpc) is 2.37. The number of piperidine rings is 1. The molecule has 1 unspecified atom stereocenters. The van der Waals surface area contributed by atoms with E-state index in [9.17, 15) is 13.2 Å². The van der Waals surface area contributed by atoms with E-state index in [1.54, 1.807) is 14.1 Å². The average molecular weight is 291 g/mol. The number of hydrogen-bond acceptors (Lipinski definition) is 4. The summed E-state index contributed by atoms with van der Waals surface area (Å²) in [7, 11) is 0.0536. The van der Waals surface area contributed by atoms with E-state index in [2.05, 4.69) is 10.0 Å². The number of carbonyl (C=O) groups excluding carboxylic acids is 1. The molecule has 0 bridgehead atoms. The van der Waals surface area contributed by atoms with Gasteiger partial charge in [0.15, 0.2) is 0 Å². The predicted molar refractivity (Wildman–Crippen MR) is 75.4 cm³/mol. The van der Waals surface area contributed by atoms with Gasteiger partial charge in [-0.05, 0) is 25.8 Å². The fourth-order valence-corrected chi connectivity index (χ4v) is 3.23. The molecule has 2 N–H and O–H groups in total. The quantitative estimate of drug-likeness (QED) is 0.687. The Bertz CT molecular complexity index is 376. The highest BCUT2D eigenvalue weighted by Crippen LogP contribution is 2.10. The first kappa shape index (κ1) is 16.4. The molecule has 7 heteroatoms. The Kier molecular flexibility index (Phi) is 6.74. The molecule has 1 heterocycles. The van der Waals surface area contributed by atoms with Gasteiger partial charge in [-0.2, -0.15) is 0 Å². The van der Waals surface area contributed by atoms with E-state index in [1.165, 1.54) is 17.7 Å². The van der Waals surface area contributed by atoms with Crippen LogP contribution in [0.2, 0.25) is 0 Å². The van der Waals surface area contributed by atoms with E-state index in [4.69, 9.17) is 0 Å². The summed E-state index contributed by atoms with van der Waals surface area (Å²) in [5, 5.41) is 3.33. The molecular weight excluding hydrogens is 266 g/mol. The van der Waals surface area contributed by atoms with Crippen LogP contribution in [-0.2, 0) is 14.8 Å². The van der Waals surface area contributed by atoms with Gasteiger partial charge in [-0.3, -0.25) is 4.79 Å². The van der Waals surface area contributed by atoms with Crippen molar-refractivity contribution in [3.05, 3.63) is 0 Å². The van der Waals surface area contributed by atoms with Crippen molar-refractivity contribution >= 4 is 15.9 Å². The Labute approximate surface area is 116 Å². The molecule has 0 saturated carbocycles. The minimum Gasteiger partial charge on any atom is -0.349 e. The van der Waals surface area contributed by atoms with E-state index < -0.39 is 10.0 Å². The van der Waals surface area contributed by atoms with E-state index in [0.717, 1.165) is 13.0 Å². The monoisotopic (exact) mass is 291 g/mol. The molecule has 1 fully saturated rings. The van der Waals surface area contributed by atoms with Crippen molar-refractivity contribution in [1.29, 1.82) is 0 Å². The molecule has 0 aromatic heterocycles. The van der Waals surface area contributed by atoms with Crippen molar-refractivity contribution in [1.82, 2.24) is 14.9 Å². The zero-order chi connectivity index (χ0) is 14.3. The summed E-state index contributed by atoms with van der Waals surface area (Å²) >= 11 is 0. The second-order valence-electron chi connectivity index (χ2n) is 5.19. The molecule has 1 saturated heterocycles. The number of amides is 1. The van der Waals surface area contributed by atoms with Crippen molar-refractivity contribution in [3.63, 3.8) is 0 Å². The number of hydrogen-bond donors (Lipinski definition) is 2. The van der Waals surface area contributed by atoms with Crippen LogP contribution in [0.15, 0.2) is 0 Å². The topological polar surface area (TPSA) is 78.5 Å². The Morgan fingerprint density at radius 2 is 2.11 bits per heavy atom. The minimum atomic E-state index is -3.26. The Morgan fingerprint density at radius 1 is 1.37 bits per heavy atom. The zero-order valence-electron chi connectivity index (χ0n) is 11.8. The third-order valence-corrected chi connectivity index (χ3v) is 4.72. The van der Waals surface area contributed by atoms with Crippen LogP contribution in [0.25, 0.3) is 0 Å². The number of rotatable bonds is 7. The zero-order valence-corrected chi connectivity index (χ0v) is 12.6. The number of nitrogens with zero attached hydrogens (tertiary/aromatic N) is 1. The molecule has 0 aromatic carbocycles. The van der Waals surface area contributed by atoms with Crippen molar-refractivity contribution in [2.24, 2.45) is 0 Å². The molecule has 1 amide bonds. The highest BCUT2D eigenvalue weighted by Gasteiger charge is 2.17. The van der Waals surface area contributed by atoms with Crippen LogP contribution in [0.3, 0.4) is 0 Å².